The summed E-state index contributed by atoms with van der Waals surface area (Å²) in [6, 6.07) is 0. The van der Waals surface area contributed by atoms with Crippen LogP contribution in [0.3, 0.4) is 0 Å². The molecule has 2 N–H and O–H groups in total. The third-order valence-corrected chi connectivity index (χ3v) is 2.59. The van der Waals surface area contributed by atoms with Crippen molar-refractivity contribution >= 4 is 5.91 Å². The summed E-state index contributed by atoms with van der Waals surface area (Å²) in [6.07, 6.45) is 9.40. The predicted molar refractivity (Wildman–Crippen MR) is 62.1 cm³/mol. The van der Waals surface area contributed by atoms with Gasteiger partial charge in [0, 0.05) is 18.7 Å². The minimum absolute atomic E-state index is 0.123. The molecule has 1 heterocycles. The highest BCUT2D eigenvalue weighted by Crippen LogP contribution is 2.13. The number of piperidine rings is 1. The highest BCUT2D eigenvalue weighted by molar-refractivity contribution is 5.96. The molecule has 0 aliphatic carbocycles. The quantitative estimate of drug-likeness (QED) is 0.568. The fourth-order valence-corrected chi connectivity index (χ4v) is 1.83. The first-order valence-electron chi connectivity index (χ1n) is 5.67. The molecule has 0 atom stereocenters. The van der Waals surface area contributed by atoms with E-state index in [1.165, 1.54) is 12.6 Å². The average Bonchev–Trinajstić information content (AvgIpc) is 2.29. The van der Waals surface area contributed by atoms with Crippen LogP contribution in [-0.2, 0) is 4.79 Å². The molecule has 1 aliphatic rings. The topological polar surface area (TPSA) is 46.3 Å². The van der Waals surface area contributed by atoms with Gasteiger partial charge in [-0.25, -0.2) is 0 Å². The van der Waals surface area contributed by atoms with Crippen LogP contribution in [0.15, 0.2) is 23.9 Å². The number of carbonyl (C=O) groups excluding carboxylic acids is 1. The Kier molecular flexibility index (Phi) is 4.95. The van der Waals surface area contributed by atoms with E-state index in [0.29, 0.717) is 0 Å². The van der Waals surface area contributed by atoms with Crippen molar-refractivity contribution < 1.29 is 4.79 Å². The van der Waals surface area contributed by atoms with E-state index in [0.717, 1.165) is 37.9 Å². The van der Waals surface area contributed by atoms with Crippen molar-refractivity contribution in [3.63, 3.8) is 0 Å². The van der Waals surface area contributed by atoms with Gasteiger partial charge in [-0.05, 0) is 38.0 Å². The molecule has 3 heteroatoms. The zero-order valence-electron chi connectivity index (χ0n) is 9.41. The van der Waals surface area contributed by atoms with Gasteiger partial charge in [-0.15, -0.1) is 0 Å². The molecule has 0 aromatic rings. The van der Waals surface area contributed by atoms with Gasteiger partial charge in [0.2, 0.25) is 0 Å². The maximum absolute atomic E-state index is 12.0. The average molecular weight is 208 g/mol. The van der Waals surface area contributed by atoms with Crippen LogP contribution in [0.25, 0.3) is 0 Å². The van der Waals surface area contributed by atoms with E-state index in [-0.39, 0.29) is 5.91 Å². The second-order valence-corrected chi connectivity index (χ2v) is 3.78. The van der Waals surface area contributed by atoms with Crippen molar-refractivity contribution in [2.75, 3.05) is 13.1 Å². The lowest BCUT2D eigenvalue weighted by molar-refractivity contribution is -0.127. The summed E-state index contributed by atoms with van der Waals surface area (Å²) in [5, 5.41) is 0. The fraction of sp³-hybridized carbons (Fsp3) is 0.583. The summed E-state index contributed by atoms with van der Waals surface area (Å²) < 4.78 is 0. The number of rotatable bonds is 3. The van der Waals surface area contributed by atoms with Crippen molar-refractivity contribution in [2.24, 2.45) is 5.73 Å². The molecule has 0 radical (unpaired) electrons. The molecule has 84 valence electrons. The van der Waals surface area contributed by atoms with Crippen LogP contribution in [-0.4, -0.2) is 23.9 Å². The molecule has 1 fully saturated rings. The van der Waals surface area contributed by atoms with E-state index in [1.807, 2.05) is 17.9 Å². The maximum Gasteiger partial charge on any atom is 0.253 e. The van der Waals surface area contributed by atoms with Crippen LogP contribution in [0.2, 0.25) is 0 Å². The number of amides is 1. The first kappa shape index (κ1) is 11.8. The fourth-order valence-electron chi connectivity index (χ4n) is 1.83. The minimum atomic E-state index is 0.123. The maximum atomic E-state index is 12.0. The van der Waals surface area contributed by atoms with Crippen molar-refractivity contribution in [3.8, 4) is 0 Å². The Balaban J connectivity index is 2.66. The molecule has 15 heavy (non-hydrogen) atoms. The molecular weight excluding hydrogens is 188 g/mol. The van der Waals surface area contributed by atoms with Crippen LogP contribution in [0.4, 0.5) is 0 Å². The summed E-state index contributed by atoms with van der Waals surface area (Å²) in [5.41, 5.74) is 6.06. The van der Waals surface area contributed by atoms with Crippen molar-refractivity contribution in [1.29, 1.82) is 0 Å². The van der Waals surface area contributed by atoms with E-state index < -0.39 is 0 Å². The minimum Gasteiger partial charge on any atom is -0.405 e. The Morgan fingerprint density at radius 3 is 2.53 bits per heavy atom. The molecule has 3 nitrogen and oxygen atoms in total. The normalized spacial score (nSPS) is 18.5. The van der Waals surface area contributed by atoms with Crippen LogP contribution < -0.4 is 5.73 Å². The van der Waals surface area contributed by atoms with Crippen molar-refractivity contribution in [2.45, 2.75) is 32.6 Å². The molecule has 0 aromatic carbocycles. The van der Waals surface area contributed by atoms with Crippen molar-refractivity contribution in [1.82, 2.24) is 4.90 Å². The molecule has 0 unspecified atom stereocenters. The van der Waals surface area contributed by atoms with Gasteiger partial charge in [-0.2, -0.15) is 0 Å². The molecule has 0 aromatic heterocycles. The Morgan fingerprint density at radius 2 is 2.00 bits per heavy atom. The van der Waals surface area contributed by atoms with E-state index in [4.69, 9.17) is 5.73 Å². The molecule has 0 bridgehead atoms. The smallest absolute Gasteiger partial charge is 0.253 e. The zero-order valence-corrected chi connectivity index (χ0v) is 9.41. The second-order valence-electron chi connectivity index (χ2n) is 3.78. The monoisotopic (exact) mass is 208 g/mol. The summed E-state index contributed by atoms with van der Waals surface area (Å²) in [5.74, 6) is 0.123. The van der Waals surface area contributed by atoms with E-state index in [9.17, 15) is 4.79 Å². The predicted octanol–water partition coefficient (Wildman–Crippen LogP) is 1.81. The number of nitrogens with zero attached hydrogens (tertiary/aromatic N) is 1. The molecule has 0 spiro atoms. The van der Waals surface area contributed by atoms with Gasteiger partial charge in [0.15, 0.2) is 0 Å². The van der Waals surface area contributed by atoms with Gasteiger partial charge in [0.05, 0.1) is 0 Å². The number of hydrogen-bond donors (Lipinski definition) is 1. The van der Waals surface area contributed by atoms with Gasteiger partial charge in [0.25, 0.3) is 5.91 Å². The molecule has 1 amide bonds. The zero-order chi connectivity index (χ0) is 11.1. The lowest BCUT2D eigenvalue weighted by atomic mass is 10.1. The number of likely N-dealkylation sites (tertiary alicyclic amines) is 1. The highest BCUT2D eigenvalue weighted by Gasteiger charge is 2.18. The number of nitrogens with two attached hydrogens (primary N) is 1. The van der Waals surface area contributed by atoms with Crippen LogP contribution in [0.1, 0.15) is 32.6 Å². The Labute approximate surface area is 91.6 Å². The van der Waals surface area contributed by atoms with Crippen molar-refractivity contribution in [3.05, 3.63) is 23.9 Å². The van der Waals surface area contributed by atoms with Gasteiger partial charge in [-0.1, -0.05) is 13.0 Å². The standard InChI is InChI=1S/C12H20N2O/c1-2-6-11(7-8-13)12(15)14-9-4-3-5-10-14/h6-8H,2-5,9-10,13H2,1H3/b8-7-,11-6+. The van der Waals surface area contributed by atoms with E-state index in [1.54, 1.807) is 6.08 Å². The van der Waals surface area contributed by atoms with Crippen LogP contribution in [0, 0.1) is 0 Å². The van der Waals surface area contributed by atoms with Gasteiger partial charge in [0.1, 0.15) is 0 Å². The lowest BCUT2D eigenvalue weighted by Crippen LogP contribution is -2.36. The Morgan fingerprint density at radius 1 is 1.33 bits per heavy atom. The summed E-state index contributed by atoms with van der Waals surface area (Å²) >= 11 is 0. The van der Waals surface area contributed by atoms with E-state index in [2.05, 4.69) is 0 Å². The molecule has 0 saturated carbocycles. The molecule has 1 aliphatic heterocycles. The van der Waals surface area contributed by atoms with E-state index >= 15 is 0 Å². The van der Waals surface area contributed by atoms with Gasteiger partial charge < -0.3 is 10.6 Å². The number of carbonyl (C=O) groups is 1. The molecular formula is C12H20N2O. The lowest BCUT2D eigenvalue weighted by Gasteiger charge is -2.27. The third-order valence-electron chi connectivity index (χ3n) is 2.59. The number of hydrogen-bond acceptors (Lipinski definition) is 2. The summed E-state index contributed by atoms with van der Waals surface area (Å²) in [4.78, 5) is 14.0. The first-order valence-corrected chi connectivity index (χ1v) is 5.67. The number of allylic oxidation sites excluding steroid dienone is 1. The largest absolute Gasteiger partial charge is 0.405 e. The summed E-state index contributed by atoms with van der Waals surface area (Å²) in [7, 11) is 0. The Hall–Kier alpha value is -1.25. The molecule has 1 rings (SSSR count). The SMILES string of the molecule is CC/C=C(\C=C/N)C(=O)N1CCCCC1. The molecule has 1 saturated heterocycles. The van der Waals surface area contributed by atoms with Gasteiger partial charge in [-0.3, -0.25) is 4.79 Å². The van der Waals surface area contributed by atoms with Crippen LogP contribution >= 0.6 is 0 Å². The highest BCUT2D eigenvalue weighted by atomic mass is 16.2. The first-order chi connectivity index (χ1) is 7.29. The summed E-state index contributed by atoms with van der Waals surface area (Å²) in [6.45, 7) is 3.80. The third kappa shape index (κ3) is 3.42. The second kappa shape index (κ2) is 6.27. The Bertz CT molecular complexity index is 263. The van der Waals surface area contributed by atoms with Crippen LogP contribution in [0.5, 0.6) is 0 Å². The van der Waals surface area contributed by atoms with Gasteiger partial charge >= 0.3 is 0 Å².